The molecule has 3 rings (SSSR count). The van der Waals surface area contributed by atoms with Gasteiger partial charge in [-0.1, -0.05) is 18.2 Å². The fourth-order valence-electron chi connectivity index (χ4n) is 2.12. The highest BCUT2D eigenvalue weighted by atomic mass is 32.1. The van der Waals surface area contributed by atoms with Crippen LogP contribution in [0.1, 0.15) is 11.9 Å². The number of ether oxygens (including phenoxy) is 1. The van der Waals surface area contributed by atoms with Crippen molar-refractivity contribution < 1.29 is 19.1 Å². The number of aliphatic hydroxyl groups excluding tert-OH is 1. The van der Waals surface area contributed by atoms with Crippen molar-refractivity contribution in [2.45, 2.75) is 6.10 Å². The van der Waals surface area contributed by atoms with Gasteiger partial charge in [0, 0.05) is 10.9 Å². The van der Waals surface area contributed by atoms with E-state index < -0.39 is 6.10 Å². The maximum absolute atomic E-state index is 11.8. The summed E-state index contributed by atoms with van der Waals surface area (Å²) in [6.07, 6.45) is -0.905. The zero-order valence-electron chi connectivity index (χ0n) is 12.8. The van der Waals surface area contributed by atoms with Gasteiger partial charge in [0.1, 0.15) is 23.4 Å². The molecule has 0 aliphatic rings. The molecule has 0 fully saturated rings. The number of hydrogen-bond acceptors (Lipinski definition) is 5. The molecule has 1 aromatic carbocycles. The molecule has 0 saturated heterocycles. The minimum absolute atomic E-state index is 0.0631. The SMILES string of the molecule is O=C(COc1ccccc1)NCC(O)c1ccc(-c2ccsc2)o1. The summed E-state index contributed by atoms with van der Waals surface area (Å²) in [4.78, 5) is 11.8. The summed E-state index contributed by atoms with van der Waals surface area (Å²) in [5.74, 6) is 1.44. The summed E-state index contributed by atoms with van der Waals surface area (Å²) < 4.78 is 11.0. The maximum atomic E-state index is 11.8. The molecule has 6 heteroatoms. The van der Waals surface area contributed by atoms with Crippen molar-refractivity contribution in [3.8, 4) is 17.1 Å². The van der Waals surface area contributed by atoms with E-state index in [1.54, 1.807) is 35.6 Å². The Labute approximate surface area is 143 Å². The number of carbonyl (C=O) groups excluding carboxylic acids is 1. The van der Waals surface area contributed by atoms with E-state index in [1.165, 1.54) is 0 Å². The Hall–Kier alpha value is -2.57. The van der Waals surface area contributed by atoms with E-state index in [1.807, 2.05) is 35.0 Å². The molecular formula is C18H17NO4S. The molecule has 2 aromatic heterocycles. The minimum Gasteiger partial charge on any atom is -0.484 e. The van der Waals surface area contributed by atoms with Crippen molar-refractivity contribution in [2.24, 2.45) is 0 Å². The number of carbonyl (C=O) groups is 1. The average Bonchev–Trinajstić information content (AvgIpc) is 3.29. The van der Waals surface area contributed by atoms with Crippen molar-refractivity contribution in [2.75, 3.05) is 13.2 Å². The van der Waals surface area contributed by atoms with Gasteiger partial charge in [0.2, 0.25) is 0 Å². The van der Waals surface area contributed by atoms with E-state index in [-0.39, 0.29) is 19.1 Å². The molecule has 2 N–H and O–H groups in total. The van der Waals surface area contributed by atoms with Gasteiger partial charge in [0.05, 0.1) is 6.54 Å². The Morgan fingerprint density at radius 2 is 2.04 bits per heavy atom. The van der Waals surface area contributed by atoms with Crippen LogP contribution in [0.25, 0.3) is 11.3 Å². The highest BCUT2D eigenvalue weighted by Crippen LogP contribution is 2.26. The number of para-hydroxylation sites is 1. The third kappa shape index (κ3) is 4.24. The Morgan fingerprint density at radius 3 is 2.79 bits per heavy atom. The predicted molar refractivity (Wildman–Crippen MR) is 91.9 cm³/mol. The maximum Gasteiger partial charge on any atom is 0.258 e. The summed E-state index contributed by atoms with van der Waals surface area (Å²) in [6, 6.07) is 14.6. The number of amides is 1. The van der Waals surface area contributed by atoms with Gasteiger partial charge in [-0.2, -0.15) is 11.3 Å². The van der Waals surface area contributed by atoms with Crippen molar-refractivity contribution in [3.05, 3.63) is 65.1 Å². The molecule has 5 nitrogen and oxygen atoms in total. The molecule has 0 aliphatic heterocycles. The number of thiophene rings is 1. The van der Waals surface area contributed by atoms with Crippen LogP contribution in [-0.2, 0) is 4.79 Å². The molecule has 0 bridgehead atoms. The second-order valence-electron chi connectivity index (χ2n) is 5.14. The standard InChI is InChI=1S/C18H17NO4S/c20-15(17-7-6-16(23-17)13-8-9-24-12-13)10-19-18(21)11-22-14-4-2-1-3-5-14/h1-9,12,15,20H,10-11H2,(H,19,21). The Morgan fingerprint density at radius 1 is 1.21 bits per heavy atom. The largest absolute Gasteiger partial charge is 0.484 e. The van der Waals surface area contributed by atoms with Gasteiger partial charge in [-0.25, -0.2) is 0 Å². The molecule has 24 heavy (non-hydrogen) atoms. The van der Waals surface area contributed by atoms with Crippen LogP contribution in [0.2, 0.25) is 0 Å². The zero-order valence-corrected chi connectivity index (χ0v) is 13.7. The van der Waals surface area contributed by atoms with E-state index in [0.717, 1.165) is 5.56 Å². The Bertz CT molecular complexity index is 767. The van der Waals surface area contributed by atoms with Gasteiger partial charge >= 0.3 is 0 Å². The lowest BCUT2D eigenvalue weighted by atomic mass is 10.2. The van der Waals surface area contributed by atoms with E-state index in [9.17, 15) is 9.90 Å². The van der Waals surface area contributed by atoms with Gasteiger partial charge in [-0.15, -0.1) is 0 Å². The average molecular weight is 343 g/mol. The number of aliphatic hydroxyl groups is 1. The first-order valence-corrected chi connectivity index (χ1v) is 8.41. The Balaban J connectivity index is 1.46. The monoisotopic (exact) mass is 343 g/mol. The summed E-state index contributed by atoms with van der Waals surface area (Å²) in [5, 5.41) is 16.7. The second kappa shape index (κ2) is 7.81. The third-order valence-corrected chi connectivity index (χ3v) is 4.05. The van der Waals surface area contributed by atoms with Crippen LogP contribution in [0.15, 0.2) is 63.7 Å². The molecule has 124 valence electrons. The van der Waals surface area contributed by atoms with Crippen LogP contribution in [-0.4, -0.2) is 24.2 Å². The van der Waals surface area contributed by atoms with E-state index in [0.29, 0.717) is 17.3 Å². The van der Waals surface area contributed by atoms with Gasteiger partial charge < -0.3 is 19.6 Å². The smallest absolute Gasteiger partial charge is 0.258 e. The zero-order chi connectivity index (χ0) is 16.8. The van der Waals surface area contributed by atoms with Crippen molar-refractivity contribution in [1.82, 2.24) is 5.32 Å². The molecule has 2 heterocycles. The van der Waals surface area contributed by atoms with Gasteiger partial charge in [-0.3, -0.25) is 4.79 Å². The molecule has 1 amide bonds. The fourth-order valence-corrected chi connectivity index (χ4v) is 2.76. The van der Waals surface area contributed by atoms with E-state index in [2.05, 4.69) is 5.32 Å². The number of benzene rings is 1. The second-order valence-corrected chi connectivity index (χ2v) is 5.92. The fraction of sp³-hybridized carbons (Fsp3) is 0.167. The number of hydrogen-bond donors (Lipinski definition) is 2. The van der Waals surface area contributed by atoms with Crippen LogP contribution in [0, 0.1) is 0 Å². The van der Waals surface area contributed by atoms with Crippen LogP contribution < -0.4 is 10.1 Å². The first-order valence-electron chi connectivity index (χ1n) is 7.47. The molecule has 0 radical (unpaired) electrons. The van der Waals surface area contributed by atoms with Crippen LogP contribution >= 0.6 is 11.3 Å². The molecule has 3 aromatic rings. The van der Waals surface area contributed by atoms with Crippen molar-refractivity contribution in [3.63, 3.8) is 0 Å². The van der Waals surface area contributed by atoms with E-state index >= 15 is 0 Å². The van der Waals surface area contributed by atoms with Gasteiger partial charge in [-0.05, 0) is 35.7 Å². The lowest BCUT2D eigenvalue weighted by molar-refractivity contribution is -0.123. The van der Waals surface area contributed by atoms with Gasteiger partial charge in [0.15, 0.2) is 6.61 Å². The summed E-state index contributed by atoms with van der Waals surface area (Å²) >= 11 is 1.58. The molecule has 1 unspecified atom stereocenters. The topological polar surface area (TPSA) is 71.7 Å². The normalized spacial score (nSPS) is 11.9. The summed E-state index contributed by atoms with van der Waals surface area (Å²) in [6.45, 7) is -0.0391. The molecule has 1 atom stereocenters. The number of rotatable bonds is 7. The third-order valence-electron chi connectivity index (χ3n) is 3.37. The molecule has 0 spiro atoms. The van der Waals surface area contributed by atoms with Crippen molar-refractivity contribution in [1.29, 1.82) is 0 Å². The minimum atomic E-state index is -0.905. The quantitative estimate of drug-likeness (QED) is 0.691. The molecular weight excluding hydrogens is 326 g/mol. The highest BCUT2D eigenvalue weighted by Gasteiger charge is 2.15. The van der Waals surface area contributed by atoms with Crippen molar-refractivity contribution >= 4 is 17.2 Å². The van der Waals surface area contributed by atoms with Crippen LogP contribution in [0.3, 0.4) is 0 Å². The number of furan rings is 1. The first-order chi connectivity index (χ1) is 11.7. The van der Waals surface area contributed by atoms with E-state index in [4.69, 9.17) is 9.15 Å². The first kappa shape index (κ1) is 16.3. The summed E-state index contributed by atoms with van der Waals surface area (Å²) in [5.41, 5.74) is 0.971. The molecule has 0 aliphatic carbocycles. The van der Waals surface area contributed by atoms with Crippen LogP contribution in [0.5, 0.6) is 5.75 Å². The van der Waals surface area contributed by atoms with Gasteiger partial charge in [0.25, 0.3) is 5.91 Å². The van der Waals surface area contributed by atoms with Crippen LogP contribution in [0.4, 0.5) is 0 Å². The summed E-state index contributed by atoms with van der Waals surface area (Å²) in [7, 11) is 0. The lowest BCUT2D eigenvalue weighted by Gasteiger charge is -2.10. The lowest BCUT2D eigenvalue weighted by Crippen LogP contribution is -2.32. The Kier molecular flexibility index (Phi) is 5.30. The molecule has 0 saturated carbocycles. The highest BCUT2D eigenvalue weighted by molar-refractivity contribution is 7.08. The predicted octanol–water partition coefficient (Wildman–Crippen LogP) is 3.24. The number of nitrogens with one attached hydrogen (secondary N) is 1.